The third-order valence-electron chi connectivity index (χ3n) is 13.6. The number of carbonyl (C=O) groups is 4. The maximum atomic E-state index is 14.7. The predicted octanol–water partition coefficient (Wildman–Crippen LogP) is 5.11. The van der Waals surface area contributed by atoms with Crippen LogP contribution in [0.3, 0.4) is 0 Å². The smallest absolute Gasteiger partial charge is 0.410 e. The van der Waals surface area contributed by atoms with Crippen molar-refractivity contribution in [3.8, 4) is 11.3 Å². The first kappa shape index (κ1) is 45.1. The van der Waals surface area contributed by atoms with E-state index in [1.54, 1.807) is 44.3 Å². The Morgan fingerprint density at radius 2 is 1.69 bits per heavy atom. The summed E-state index contributed by atoms with van der Waals surface area (Å²) in [6.07, 6.45) is 0.579. The van der Waals surface area contributed by atoms with Crippen LogP contribution < -0.4 is 0 Å². The van der Waals surface area contributed by atoms with Gasteiger partial charge in [-0.2, -0.15) is 0 Å². The highest BCUT2D eigenvalue weighted by Crippen LogP contribution is 2.59. The van der Waals surface area contributed by atoms with Crippen LogP contribution in [0, 0.1) is 36.5 Å². The molecule has 3 saturated heterocycles. The second-order valence-electron chi connectivity index (χ2n) is 17.8. The third-order valence-corrected chi connectivity index (χ3v) is 13.8. The van der Waals surface area contributed by atoms with Crippen LogP contribution in [-0.2, 0) is 44.6 Å². The number of likely N-dealkylation sites (N-methyl/N-ethyl adjacent to an activating group) is 1. The van der Waals surface area contributed by atoms with Crippen molar-refractivity contribution in [3.05, 3.63) is 35.5 Å². The normalized spacial score (nSPS) is 38.1. The van der Waals surface area contributed by atoms with E-state index in [0.29, 0.717) is 37.5 Å². The molecule has 0 bridgehead atoms. The van der Waals surface area contributed by atoms with Crippen molar-refractivity contribution in [2.75, 3.05) is 27.7 Å². The lowest BCUT2D eigenvalue weighted by Gasteiger charge is -2.46. The summed E-state index contributed by atoms with van der Waals surface area (Å²) in [6.45, 7) is 15.2. The topological polar surface area (TPSA) is 172 Å². The summed E-state index contributed by atoms with van der Waals surface area (Å²) in [5, 5.41) is 11.8. The van der Waals surface area contributed by atoms with E-state index in [0.717, 1.165) is 17.0 Å². The highest BCUT2D eigenvalue weighted by atomic mass is 35.5. The number of aliphatic hydroxyl groups is 1. The molecule has 16 heteroatoms. The molecular formula is C43H62ClN5O10. The number of unbranched alkanes of at least 4 members (excludes halogenated alkanes) is 1. The summed E-state index contributed by atoms with van der Waals surface area (Å²) in [6, 6.07) is 2.59. The number of methoxy groups -OCH3 is 1. The van der Waals surface area contributed by atoms with Crippen LogP contribution in [0.1, 0.15) is 79.8 Å². The highest BCUT2D eigenvalue weighted by molar-refractivity contribution is 6.29. The Kier molecular flexibility index (Phi) is 13.4. The Hall–Kier alpha value is -3.47. The molecule has 4 fully saturated rings. The molecule has 0 aromatic carbocycles. The molecule has 14 atom stereocenters. The summed E-state index contributed by atoms with van der Waals surface area (Å²) >= 11 is 5.98. The molecule has 2 aromatic rings. The molecule has 3 aliphatic heterocycles. The van der Waals surface area contributed by atoms with Gasteiger partial charge in [-0.1, -0.05) is 39.3 Å². The summed E-state index contributed by atoms with van der Waals surface area (Å²) in [4.78, 5) is 69.0. The minimum atomic E-state index is -1.26. The fraction of sp³-hybridized carbons (Fsp3) is 0.721. The first-order valence-electron chi connectivity index (χ1n) is 20.9. The Balaban J connectivity index is 1.25. The number of imidazole rings is 1. The number of Topliss-reactive ketones (excluding diaryl/α,β-unsaturated/α-hetero) is 2. The maximum Gasteiger partial charge on any atom is 0.410 e. The van der Waals surface area contributed by atoms with E-state index in [-0.39, 0.29) is 24.3 Å². The number of amides is 1. The fourth-order valence-corrected chi connectivity index (χ4v) is 10.1. The first-order valence-corrected chi connectivity index (χ1v) is 21.3. The molecule has 1 saturated carbocycles. The number of pyridine rings is 1. The van der Waals surface area contributed by atoms with E-state index >= 15 is 0 Å². The van der Waals surface area contributed by atoms with Gasteiger partial charge in [-0.25, -0.2) is 14.8 Å². The largest absolute Gasteiger partial charge is 0.457 e. The first-order chi connectivity index (χ1) is 27.8. The van der Waals surface area contributed by atoms with Crippen molar-refractivity contribution in [2.24, 2.45) is 29.6 Å². The SMILES string of the molecule is CO[C@@]1(C)C[C@@H](C)C(=O)[C@H](C)[C@H]2N(CCCCn3cnc(-c4ccc(Cl)nc4)c3C)C(=O)O[C@@]23C(C)[C@H]3OC(=O)[C@H](C)C(=O)[C@H](C)[C@H]1OC1O[C@H](C)C[C@H](N(C)C)[C@H]1O. The lowest BCUT2D eigenvalue weighted by Crippen LogP contribution is -2.59. The van der Waals surface area contributed by atoms with E-state index in [4.69, 9.17) is 35.3 Å². The van der Waals surface area contributed by atoms with Crippen LogP contribution >= 0.6 is 11.6 Å². The van der Waals surface area contributed by atoms with Crippen LogP contribution in [0.5, 0.6) is 0 Å². The summed E-state index contributed by atoms with van der Waals surface area (Å²) < 4.78 is 33.2. The van der Waals surface area contributed by atoms with E-state index in [2.05, 4.69) is 14.5 Å². The van der Waals surface area contributed by atoms with Gasteiger partial charge in [-0.15, -0.1) is 0 Å². The molecule has 2 aromatic heterocycles. The van der Waals surface area contributed by atoms with Gasteiger partial charge in [0.1, 0.15) is 23.0 Å². The Morgan fingerprint density at radius 1 is 1.00 bits per heavy atom. The molecule has 1 aliphatic carbocycles. The van der Waals surface area contributed by atoms with Gasteiger partial charge in [-0.3, -0.25) is 14.4 Å². The van der Waals surface area contributed by atoms with E-state index < -0.39 is 89.3 Å². The standard InChI is InChI=1S/C43H62ClN5O10/c1-22-19-42(8,55-11)37(58-40-35(52)30(47(9)10)18-23(2)56-40)25(4)34(51)26(5)39(53)57-38-27(6)43(38)36(24(3)33(22)50)49(41(54)59-43)17-13-12-16-48-21-46-32(28(48)7)29-14-15-31(44)45-20-29/h14-15,20-27,30,35-38,40,52H,12-13,16-19H2,1-11H3/t22-,23-,24+,25+,26-,27?,30+,35-,36-,37-,38-,40?,42+,43+/m1/s1. The quantitative estimate of drug-likeness (QED) is 0.145. The fourth-order valence-electron chi connectivity index (χ4n) is 9.96. The van der Waals surface area contributed by atoms with Gasteiger partial charge in [-0.05, 0) is 79.6 Å². The molecule has 2 unspecified atom stereocenters. The van der Waals surface area contributed by atoms with Crippen molar-refractivity contribution >= 4 is 35.2 Å². The number of ketones is 2. The predicted molar refractivity (Wildman–Crippen MR) is 217 cm³/mol. The lowest BCUT2D eigenvalue weighted by molar-refractivity contribution is -0.295. The maximum absolute atomic E-state index is 14.7. The molecule has 59 heavy (non-hydrogen) atoms. The van der Waals surface area contributed by atoms with Crippen molar-refractivity contribution in [3.63, 3.8) is 0 Å². The number of rotatable bonds is 10. The number of ether oxygens (including phenoxy) is 5. The zero-order chi connectivity index (χ0) is 43.3. The summed E-state index contributed by atoms with van der Waals surface area (Å²) in [5.41, 5.74) is 0.116. The van der Waals surface area contributed by atoms with Gasteiger partial charge in [0.15, 0.2) is 23.8 Å². The number of nitrogens with zero attached hydrogens (tertiary/aromatic N) is 5. The van der Waals surface area contributed by atoms with Crippen molar-refractivity contribution < 1.29 is 48.0 Å². The number of aromatic nitrogens is 3. The molecule has 6 rings (SSSR count). The summed E-state index contributed by atoms with van der Waals surface area (Å²) in [7, 11) is 5.24. The third kappa shape index (κ3) is 8.44. The van der Waals surface area contributed by atoms with Crippen LogP contribution in [0.25, 0.3) is 11.3 Å². The van der Waals surface area contributed by atoms with Crippen molar-refractivity contribution in [2.45, 2.75) is 142 Å². The van der Waals surface area contributed by atoms with Crippen LogP contribution in [0.2, 0.25) is 5.15 Å². The molecular weight excluding hydrogens is 782 g/mol. The van der Waals surface area contributed by atoms with Gasteiger partial charge < -0.3 is 43.2 Å². The zero-order valence-electron chi connectivity index (χ0n) is 36.2. The van der Waals surface area contributed by atoms with E-state index in [1.807, 2.05) is 52.8 Å². The van der Waals surface area contributed by atoms with Crippen LogP contribution in [0.15, 0.2) is 24.7 Å². The van der Waals surface area contributed by atoms with E-state index in [1.165, 1.54) is 14.0 Å². The van der Waals surface area contributed by atoms with Crippen molar-refractivity contribution in [1.29, 1.82) is 0 Å². The molecule has 1 spiro atoms. The Bertz CT molecular complexity index is 1880. The van der Waals surface area contributed by atoms with Gasteiger partial charge in [0, 0.05) is 67.4 Å². The lowest BCUT2D eigenvalue weighted by atomic mass is 9.75. The van der Waals surface area contributed by atoms with E-state index in [9.17, 15) is 24.3 Å². The molecule has 0 radical (unpaired) electrons. The molecule has 1 N–H and O–H groups in total. The van der Waals surface area contributed by atoms with Gasteiger partial charge in [0.05, 0.1) is 35.9 Å². The number of aliphatic hydroxyl groups excluding tert-OH is 1. The summed E-state index contributed by atoms with van der Waals surface area (Å²) in [5.74, 6) is -5.28. The average Bonchev–Trinajstić information content (AvgIpc) is 3.41. The Labute approximate surface area is 352 Å². The number of carbonyl (C=O) groups excluding carboxylic acids is 4. The monoisotopic (exact) mass is 843 g/mol. The molecule has 15 nitrogen and oxygen atoms in total. The van der Waals surface area contributed by atoms with Gasteiger partial charge >= 0.3 is 12.1 Å². The molecule has 5 heterocycles. The number of halogens is 1. The zero-order valence-corrected chi connectivity index (χ0v) is 37.0. The van der Waals surface area contributed by atoms with Crippen LogP contribution in [-0.4, -0.2) is 135 Å². The number of hydrogen-bond donors (Lipinski definition) is 1. The van der Waals surface area contributed by atoms with Gasteiger partial charge in [0.2, 0.25) is 0 Å². The van der Waals surface area contributed by atoms with Gasteiger partial charge in [0.25, 0.3) is 0 Å². The van der Waals surface area contributed by atoms with Crippen LogP contribution in [0.4, 0.5) is 4.79 Å². The number of hydrogen-bond acceptors (Lipinski definition) is 13. The second kappa shape index (κ2) is 17.5. The highest BCUT2D eigenvalue weighted by Gasteiger charge is 2.78. The minimum Gasteiger partial charge on any atom is -0.457 e. The van der Waals surface area contributed by atoms with Crippen molar-refractivity contribution in [1.82, 2.24) is 24.3 Å². The molecule has 4 aliphatic rings. The Morgan fingerprint density at radius 3 is 2.34 bits per heavy atom. The molecule has 326 valence electrons. The average molecular weight is 844 g/mol. The number of esters is 1. The molecule has 1 amide bonds. The second-order valence-corrected chi connectivity index (χ2v) is 18.2. The number of aryl methyl sites for hydroxylation is 1. The minimum absolute atomic E-state index is 0.134.